The molecular formula is C18H24N4O4S. The molecule has 0 aliphatic rings. The molecule has 2 aromatic rings. The van der Waals surface area contributed by atoms with Crippen LogP contribution < -0.4 is 5.32 Å². The van der Waals surface area contributed by atoms with Crippen molar-refractivity contribution in [1.82, 2.24) is 20.4 Å². The minimum absolute atomic E-state index is 0.143. The fraction of sp³-hybridized carbons (Fsp3) is 0.444. The molecule has 27 heavy (non-hydrogen) atoms. The van der Waals surface area contributed by atoms with Crippen molar-refractivity contribution in [3.8, 4) is 11.4 Å². The molecule has 1 unspecified atom stereocenters. The highest BCUT2D eigenvalue weighted by molar-refractivity contribution is 7.99. The molecule has 1 aromatic carbocycles. The zero-order chi connectivity index (χ0) is 19.6. The number of thioether (sulfide) groups is 1. The topological polar surface area (TPSA) is 97.6 Å². The van der Waals surface area contributed by atoms with Crippen molar-refractivity contribution in [1.29, 1.82) is 0 Å². The zero-order valence-electron chi connectivity index (χ0n) is 15.7. The summed E-state index contributed by atoms with van der Waals surface area (Å²) < 4.78 is 10.2. The Morgan fingerprint density at radius 3 is 2.74 bits per heavy atom. The second-order valence-electron chi connectivity index (χ2n) is 6.07. The summed E-state index contributed by atoms with van der Waals surface area (Å²) in [6.07, 6.45) is 0. The van der Waals surface area contributed by atoms with E-state index in [2.05, 4.69) is 15.5 Å². The second kappa shape index (κ2) is 10.7. The normalized spacial score (nSPS) is 12.0. The first kappa shape index (κ1) is 20.9. The number of amides is 1. The Balaban J connectivity index is 1.70. The number of hydrogen-bond acceptors (Lipinski definition) is 8. The van der Waals surface area contributed by atoms with Crippen LogP contribution in [0.15, 0.2) is 34.9 Å². The molecule has 1 aromatic heterocycles. The number of aromatic nitrogens is 2. The van der Waals surface area contributed by atoms with E-state index in [1.54, 1.807) is 6.92 Å². The number of rotatable bonds is 10. The van der Waals surface area contributed by atoms with Crippen molar-refractivity contribution in [3.63, 3.8) is 0 Å². The molecule has 0 saturated heterocycles. The van der Waals surface area contributed by atoms with Gasteiger partial charge in [-0.1, -0.05) is 35.5 Å². The van der Waals surface area contributed by atoms with E-state index in [1.807, 2.05) is 49.3 Å². The lowest BCUT2D eigenvalue weighted by atomic mass is 10.2. The van der Waals surface area contributed by atoms with Gasteiger partial charge in [-0.15, -0.1) is 11.8 Å². The molecule has 1 amide bonds. The second-order valence-corrected chi connectivity index (χ2v) is 7.40. The molecule has 2 rings (SSSR count). The summed E-state index contributed by atoms with van der Waals surface area (Å²) in [5, 5.41) is 6.15. The van der Waals surface area contributed by atoms with Crippen LogP contribution in [0.1, 0.15) is 12.8 Å². The summed E-state index contributed by atoms with van der Waals surface area (Å²) in [5.41, 5.74) is 0.871. The van der Waals surface area contributed by atoms with E-state index < -0.39 is 5.97 Å². The maximum Gasteiger partial charge on any atom is 0.325 e. The van der Waals surface area contributed by atoms with Crippen LogP contribution in [0.3, 0.4) is 0 Å². The molecule has 1 heterocycles. The number of carbonyl (C=O) groups excluding carboxylic acids is 2. The van der Waals surface area contributed by atoms with Crippen molar-refractivity contribution in [2.45, 2.75) is 17.9 Å². The summed E-state index contributed by atoms with van der Waals surface area (Å²) in [6.45, 7) is 2.55. The first-order valence-electron chi connectivity index (χ1n) is 8.53. The molecule has 0 bridgehead atoms. The van der Waals surface area contributed by atoms with Gasteiger partial charge in [-0.3, -0.25) is 9.59 Å². The third kappa shape index (κ3) is 7.40. The highest BCUT2D eigenvalue weighted by atomic mass is 32.2. The quantitative estimate of drug-likeness (QED) is 0.609. The van der Waals surface area contributed by atoms with Gasteiger partial charge in [0, 0.05) is 12.1 Å². The summed E-state index contributed by atoms with van der Waals surface area (Å²) >= 11 is 1.35. The number of nitrogens with one attached hydrogen (secondary N) is 1. The fourth-order valence-electron chi connectivity index (χ4n) is 1.99. The average Bonchev–Trinajstić information content (AvgIpc) is 3.13. The van der Waals surface area contributed by atoms with Gasteiger partial charge >= 0.3 is 5.97 Å². The molecule has 8 nitrogen and oxygen atoms in total. The number of nitrogens with zero attached hydrogens (tertiary/aromatic N) is 3. The predicted octanol–water partition coefficient (Wildman–Crippen LogP) is 1.58. The van der Waals surface area contributed by atoms with E-state index in [0.29, 0.717) is 30.6 Å². The fourth-order valence-corrected chi connectivity index (χ4v) is 2.73. The summed E-state index contributed by atoms with van der Waals surface area (Å²) in [5.74, 6) is 0.673. The van der Waals surface area contributed by atoms with Gasteiger partial charge in [-0.05, 0) is 21.0 Å². The highest BCUT2D eigenvalue weighted by Crippen LogP contribution is 2.20. The monoisotopic (exact) mass is 392 g/mol. The molecule has 9 heteroatoms. The lowest BCUT2D eigenvalue weighted by molar-refractivity contribution is -0.144. The van der Waals surface area contributed by atoms with Crippen molar-refractivity contribution in [2.24, 2.45) is 0 Å². The molecule has 0 fully saturated rings. The number of ether oxygens (including phenoxy) is 1. The van der Waals surface area contributed by atoms with E-state index in [0.717, 1.165) is 5.56 Å². The molecule has 0 radical (unpaired) electrons. The van der Waals surface area contributed by atoms with Crippen LogP contribution in [0.2, 0.25) is 0 Å². The Morgan fingerprint density at radius 2 is 2.04 bits per heavy atom. The van der Waals surface area contributed by atoms with Gasteiger partial charge in [0.1, 0.15) is 13.2 Å². The molecule has 0 spiro atoms. The summed E-state index contributed by atoms with van der Waals surface area (Å²) in [4.78, 5) is 29.9. The molecule has 146 valence electrons. The van der Waals surface area contributed by atoms with Crippen LogP contribution in [0, 0.1) is 0 Å². The first-order chi connectivity index (χ1) is 13.0. The van der Waals surface area contributed by atoms with Crippen LogP contribution in [0.25, 0.3) is 11.4 Å². The van der Waals surface area contributed by atoms with Gasteiger partial charge in [0.25, 0.3) is 0 Å². The van der Waals surface area contributed by atoms with Crippen molar-refractivity contribution in [3.05, 3.63) is 36.2 Å². The van der Waals surface area contributed by atoms with Crippen LogP contribution in [-0.2, 0) is 20.1 Å². The van der Waals surface area contributed by atoms with Crippen molar-refractivity contribution < 1.29 is 18.8 Å². The van der Waals surface area contributed by atoms with Gasteiger partial charge in [-0.2, -0.15) is 4.98 Å². The largest absolute Gasteiger partial charge is 0.463 e. The standard InChI is InChI=1S/C18H24N4O4S/c1-13(18(24)19-11-16(23)25-10-9-22(2)3)27-12-15-20-17(21-26-15)14-7-5-4-6-8-14/h4-8,13H,9-12H2,1-3H3,(H,19,24). The number of hydrogen-bond donors (Lipinski definition) is 1. The Labute approximate surface area is 162 Å². The van der Waals surface area contributed by atoms with Crippen LogP contribution in [0.4, 0.5) is 0 Å². The van der Waals surface area contributed by atoms with Crippen molar-refractivity contribution >= 4 is 23.6 Å². The first-order valence-corrected chi connectivity index (χ1v) is 9.58. The lowest BCUT2D eigenvalue weighted by Crippen LogP contribution is -2.36. The van der Waals surface area contributed by atoms with Crippen molar-refractivity contribution in [2.75, 3.05) is 33.8 Å². The van der Waals surface area contributed by atoms with E-state index in [4.69, 9.17) is 9.26 Å². The van der Waals surface area contributed by atoms with E-state index in [9.17, 15) is 9.59 Å². The predicted molar refractivity (Wildman–Crippen MR) is 103 cm³/mol. The molecular weight excluding hydrogens is 368 g/mol. The van der Waals surface area contributed by atoms with Crippen LogP contribution >= 0.6 is 11.8 Å². The molecule has 0 saturated carbocycles. The third-order valence-electron chi connectivity index (χ3n) is 3.53. The average molecular weight is 392 g/mol. The van der Waals surface area contributed by atoms with Gasteiger partial charge in [-0.25, -0.2) is 0 Å². The minimum atomic E-state index is -0.452. The smallest absolute Gasteiger partial charge is 0.325 e. The van der Waals surface area contributed by atoms with Crippen LogP contribution in [-0.4, -0.2) is 66.0 Å². The van der Waals surface area contributed by atoms with E-state index in [-0.39, 0.29) is 17.7 Å². The maximum atomic E-state index is 12.1. The highest BCUT2D eigenvalue weighted by Gasteiger charge is 2.17. The number of esters is 1. The van der Waals surface area contributed by atoms with Gasteiger partial charge < -0.3 is 19.5 Å². The zero-order valence-corrected chi connectivity index (χ0v) is 16.5. The summed E-state index contributed by atoms with van der Waals surface area (Å²) in [7, 11) is 3.78. The molecule has 1 atom stereocenters. The van der Waals surface area contributed by atoms with E-state index in [1.165, 1.54) is 11.8 Å². The van der Waals surface area contributed by atoms with Gasteiger partial charge in [0.15, 0.2) is 0 Å². The van der Waals surface area contributed by atoms with E-state index >= 15 is 0 Å². The Kier molecular flexibility index (Phi) is 8.28. The molecule has 0 aliphatic carbocycles. The Morgan fingerprint density at radius 1 is 1.30 bits per heavy atom. The number of benzene rings is 1. The lowest BCUT2D eigenvalue weighted by Gasteiger charge is -2.12. The maximum absolute atomic E-state index is 12.1. The third-order valence-corrected chi connectivity index (χ3v) is 4.66. The van der Waals surface area contributed by atoms with Gasteiger partial charge in [0.2, 0.25) is 17.6 Å². The number of likely N-dealkylation sites (N-methyl/N-ethyl adjacent to an activating group) is 1. The minimum Gasteiger partial charge on any atom is -0.463 e. The Bertz CT molecular complexity index is 736. The SMILES string of the molecule is CC(SCc1nc(-c2ccccc2)no1)C(=O)NCC(=O)OCCN(C)C. The van der Waals surface area contributed by atoms with Gasteiger partial charge in [0.05, 0.1) is 11.0 Å². The molecule has 0 aliphatic heterocycles. The van der Waals surface area contributed by atoms with Crippen LogP contribution in [0.5, 0.6) is 0 Å². The summed E-state index contributed by atoms with van der Waals surface area (Å²) in [6, 6.07) is 9.51. The number of carbonyl (C=O) groups is 2. The molecule has 1 N–H and O–H groups in total. The Hall–Kier alpha value is -2.39.